The van der Waals surface area contributed by atoms with Crippen LogP contribution in [0.3, 0.4) is 0 Å². The second-order valence-electron chi connectivity index (χ2n) is 7.61. The number of rotatable bonds is 3. The average Bonchev–Trinajstić information content (AvgIpc) is 3.08. The van der Waals surface area contributed by atoms with E-state index in [4.69, 9.17) is 9.47 Å². The number of carbonyl (C=O) groups excluding carboxylic acids is 2. The lowest BCUT2D eigenvalue weighted by Gasteiger charge is -2.39. The SMILES string of the molecule is CCOC(=O)N1CC2(CCN(C(=O)OCc3ccccc3)CC2)c2ccccc21. The highest BCUT2D eigenvalue weighted by Crippen LogP contribution is 2.47. The van der Waals surface area contributed by atoms with Gasteiger partial charge >= 0.3 is 12.2 Å². The van der Waals surface area contributed by atoms with Gasteiger partial charge in [-0.25, -0.2) is 9.59 Å². The molecule has 29 heavy (non-hydrogen) atoms. The minimum Gasteiger partial charge on any atom is -0.449 e. The zero-order valence-corrected chi connectivity index (χ0v) is 16.7. The molecule has 0 saturated carbocycles. The predicted octanol–water partition coefficient (Wildman–Crippen LogP) is 4.33. The smallest absolute Gasteiger partial charge is 0.414 e. The Morgan fingerprint density at radius 3 is 2.34 bits per heavy atom. The number of para-hydroxylation sites is 1. The fourth-order valence-corrected chi connectivity index (χ4v) is 4.35. The number of anilines is 1. The summed E-state index contributed by atoms with van der Waals surface area (Å²) in [6.45, 7) is 4.26. The van der Waals surface area contributed by atoms with Crippen LogP contribution in [0.25, 0.3) is 0 Å². The molecular formula is C23H26N2O4. The zero-order valence-electron chi connectivity index (χ0n) is 16.7. The van der Waals surface area contributed by atoms with Crippen LogP contribution < -0.4 is 4.90 Å². The molecule has 6 heteroatoms. The Hall–Kier alpha value is -3.02. The van der Waals surface area contributed by atoms with Crippen molar-refractivity contribution >= 4 is 17.9 Å². The maximum atomic E-state index is 12.5. The van der Waals surface area contributed by atoms with Gasteiger partial charge in [-0.3, -0.25) is 4.90 Å². The van der Waals surface area contributed by atoms with Crippen LogP contribution in [0.5, 0.6) is 0 Å². The standard InChI is InChI=1S/C23H26N2O4/c1-2-28-22(27)25-17-23(19-10-6-7-11-20(19)25)12-14-24(15-13-23)21(26)29-16-18-8-4-3-5-9-18/h3-11H,2,12-17H2,1H3. The van der Waals surface area contributed by atoms with Crippen molar-refractivity contribution in [3.63, 3.8) is 0 Å². The summed E-state index contributed by atoms with van der Waals surface area (Å²) in [6.07, 6.45) is 1.000. The van der Waals surface area contributed by atoms with E-state index in [1.807, 2.05) is 55.5 Å². The number of likely N-dealkylation sites (tertiary alicyclic amines) is 1. The maximum absolute atomic E-state index is 12.5. The van der Waals surface area contributed by atoms with E-state index in [1.165, 1.54) is 5.56 Å². The molecule has 1 spiro atoms. The number of hydrogen-bond acceptors (Lipinski definition) is 4. The van der Waals surface area contributed by atoms with Gasteiger partial charge in [-0.05, 0) is 37.0 Å². The highest BCUT2D eigenvalue weighted by Gasteiger charge is 2.47. The Morgan fingerprint density at radius 2 is 1.62 bits per heavy atom. The van der Waals surface area contributed by atoms with Gasteiger partial charge in [-0.15, -0.1) is 0 Å². The average molecular weight is 394 g/mol. The number of ether oxygens (including phenoxy) is 2. The topological polar surface area (TPSA) is 59.1 Å². The van der Waals surface area contributed by atoms with E-state index in [-0.39, 0.29) is 24.2 Å². The first-order chi connectivity index (χ1) is 14.1. The highest BCUT2D eigenvalue weighted by molar-refractivity contribution is 5.91. The summed E-state index contributed by atoms with van der Waals surface area (Å²) < 4.78 is 10.7. The molecular weight excluding hydrogens is 368 g/mol. The summed E-state index contributed by atoms with van der Waals surface area (Å²) in [7, 11) is 0. The third-order valence-corrected chi connectivity index (χ3v) is 5.90. The van der Waals surface area contributed by atoms with Crippen molar-refractivity contribution in [2.24, 2.45) is 0 Å². The fourth-order valence-electron chi connectivity index (χ4n) is 4.35. The summed E-state index contributed by atoms with van der Waals surface area (Å²) in [4.78, 5) is 28.4. The van der Waals surface area contributed by atoms with Gasteiger partial charge in [0.1, 0.15) is 6.61 Å². The van der Waals surface area contributed by atoms with Crippen LogP contribution in [-0.2, 0) is 21.5 Å². The molecule has 2 aliphatic rings. The molecule has 0 unspecified atom stereocenters. The molecule has 1 fully saturated rings. The van der Waals surface area contributed by atoms with E-state index in [0.29, 0.717) is 26.2 Å². The van der Waals surface area contributed by atoms with Crippen molar-refractivity contribution in [1.82, 2.24) is 4.90 Å². The molecule has 4 rings (SSSR count). The number of fused-ring (bicyclic) bond motifs is 2. The molecule has 0 atom stereocenters. The van der Waals surface area contributed by atoms with E-state index in [1.54, 1.807) is 9.80 Å². The first-order valence-corrected chi connectivity index (χ1v) is 10.1. The molecule has 6 nitrogen and oxygen atoms in total. The summed E-state index contributed by atoms with van der Waals surface area (Å²) >= 11 is 0. The van der Waals surface area contributed by atoms with Crippen molar-refractivity contribution in [2.45, 2.75) is 31.8 Å². The molecule has 0 aromatic heterocycles. The quantitative estimate of drug-likeness (QED) is 0.777. The Morgan fingerprint density at radius 1 is 0.931 bits per heavy atom. The lowest BCUT2D eigenvalue weighted by molar-refractivity contribution is 0.0786. The number of hydrogen-bond donors (Lipinski definition) is 0. The maximum Gasteiger partial charge on any atom is 0.414 e. The van der Waals surface area contributed by atoms with E-state index < -0.39 is 0 Å². The van der Waals surface area contributed by atoms with Crippen LogP contribution in [0.15, 0.2) is 54.6 Å². The van der Waals surface area contributed by atoms with Gasteiger partial charge in [0, 0.05) is 25.0 Å². The third kappa shape index (κ3) is 3.79. The van der Waals surface area contributed by atoms with E-state index >= 15 is 0 Å². The highest BCUT2D eigenvalue weighted by atomic mass is 16.6. The minimum atomic E-state index is -0.304. The van der Waals surface area contributed by atoms with Crippen LogP contribution in [0.4, 0.5) is 15.3 Å². The lowest BCUT2D eigenvalue weighted by atomic mass is 9.74. The van der Waals surface area contributed by atoms with Crippen LogP contribution >= 0.6 is 0 Å². The first kappa shape index (κ1) is 19.3. The molecule has 2 aromatic rings. The molecule has 152 valence electrons. The van der Waals surface area contributed by atoms with Gasteiger partial charge in [0.2, 0.25) is 0 Å². The Labute approximate surface area is 171 Å². The normalized spacial score (nSPS) is 17.1. The molecule has 0 aliphatic carbocycles. The van der Waals surface area contributed by atoms with Gasteiger partial charge in [-0.1, -0.05) is 48.5 Å². The van der Waals surface area contributed by atoms with Crippen LogP contribution in [0.2, 0.25) is 0 Å². The number of nitrogens with zero attached hydrogens (tertiary/aromatic N) is 2. The summed E-state index contributed by atoms with van der Waals surface area (Å²) in [6, 6.07) is 17.7. The molecule has 0 bridgehead atoms. The van der Waals surface area contributed by atoms with Crippen LogP contribution in [0, 0.1) is 0 Å². The van der Waals surface area contributed by atoms with Gasteiger partial charge in [-0.2, -0.15) is 0 Å². The molecule has 1 saturated heterocycles. The molecule has 2 aliphatic heterocycles. The number of amides is 2. The second kappa shape index (κ2) is 8.15. The Bertz CT molecular complexity index is 875. The van der Waals surface area contributed by atoms with E-state index in [0.717, 1.165) is 24.1 Å². The molecule has 2 aromatic carbocycles. The summed E-state index contributed by atoms with van der Waals surface area (Å²) in [5.74, 6) is 0. The number of benzene rings is 2. The molecule has 0 N–H and O–H groups in total. The molecule has 2 amide bonds. The van der Waals surface area contributed by atoms with Gasteiger partial charge in [0.25, 0.3) is 0 Å². The van der Waals surface area contributed by atoms with Crippen molar-refractivity contribution < 1.29 is 19.1 Å². The lowest BCUT2D eigenvalue weighted by Crippen LogP contribution is -2.48. The minimum absolute atomic E-state index is 0.139. The summed E-state index contributed by atoms with van der Waals surface area (Å²) in [5.41, 5.74) is 2.93. The van der Waals surface area contributed by atoms with Gasteiger partial charge in [0.05, 0.1) is 12.3 Å². The van der Waals surface area contributed by atoms with Gasteiger partial charge in [0.15, 0.2) is 0 Å². The third-order valence-electron chi connectivity index (χ3n) is 5.90. The zero-order chi connectivity index (χ0) is 20.3. The predicted molar refractivity (Wildman–Crippen MR) is 110 cm³/mol. The van der Waals surface area contributed by atoms with E-state index in [2.05, 4.69) is 6.07 Å². The van der Waals surface area contributed by atoms with Crippen LogP contribution in [0.1, 0.15) is 30.9 Å². The first-order valence-electron chi connectivity index (χ1n) is 10.1. The monoisotopic (exact) mass is 394 g/mol. The second-order valence-corrected chi connectivity index (χ2v) is 7.61. The Balaban J connectivity index is 1.42. The van der Waals surface area contributed by atoms with Gasteiger partial charge < -0.3 is 14.4 Å². The van der Waals surface area contributed by atoms with Crippen molar-refractivity contribution in [3.8, 4) is 0 Å². The molecule has 2 heterocycles. The van der Waals surface area contributed by atoms with Crippen molar-refractivity contribution in [3.05, 3.63) is 65.7 Å². The summed E-state index contributed by atoms with van der Waals surface area (Å²) in [5, 5.41) is 0. The molecule has 0 radical (unpaired) electrons. The Kier molecular flexibility index (Phi) is 5.43. The van der Waals surface area contributed by atoms with E-state index in [9.17, 15) is 9.59 Å². The van der Waals surface area contributed by atoms with Crippen molar-refractivity contribution in [1.29, 1.82) is 0 Å². The largest absolute Gasteiger partial charge is 0.449 e. The number of piperidine rings is 1. The van der Waals surface area contributed by atoms with Crippen molar-refractivity contribution in [2.75, 3.05) is 31.1 Å². The van der Waals surface area contributed by atoms with Crippen LogP contribution in [-0.4, -0.2) is 43.3 Å². The number of carbonyl (C=O) groups is 2. The fraction of sp³-hybridized carbons (Fsp3) is 0.391.